The average Bonchev–Trinajstić information content (AvgIpc) is 1.63. The van der Waals surface area contributed by atoms with Crippen LogP contribution in [0.3, 0.4) is 0 Å². The van der Waals surface area contributed by atoms with Gasteiger partial charge in [0, 0.05) is 11.1 Å². The molecule has 0 saturated carbocycles. The maximum atomic E-state index is 10.0. The van der Waals surface area contributed by atoms with E-state index < -0.39 is 6.03 Å². The molecule has 0 rings (SSSR count). The Morgan fingerprint density at radius 3 is 2.56 bits per heavy atom. The van der Waals surface area contributed by atoms with Gasteiger partial charge in [-0.3, -0.25) is 0 Å². The van der Waals surface area contributed by atoms with Crippen molar-refractivity contribution in [3.05, 3.63) is 0 Å². The zero-order valence-corrected chi connectivity index (χ0v) is 6.66. The fourth-order valence-electron chi connectivity index (χ4n) is 0.324. The van der Waals surface area contributed by atoms with Gasteiger partial charge >= 0.3 is 6.03 Å². The van der Waals surface area contributed by atoms with Crippen molar-refractivity contribution >= 4 is 31.3 Å². The molecule has 0 saturated heterocycles. The van der Waals surface area contributed by atoms with Gasteiger partial charge in [0.15, 0.2) is 0 Å². The molecule has 3 nitrogen and oxygen atoms in total. The van der Waals surface area contributed by atoms with Gasteiger partial charge in [-0.05, 0) is 6.42 Å². The Kier molecular flexibility index (Phi) is 4.80. The van der Waals surface area contributed by atoms with Gasteiger partial charge in [0.25, 0.3) is 0 Å². The van der Waals surface area contributed by atoms with E-state index in [1.807, 2.05) is 0 Å². The lowest BCUT2D eigenvalue weighted by atomic mass is 10.5. The standard InChI is InChI=1S/C4H10N2OS2/c5-4(7)6-2-1-3(8)9/h3,8-9H,1-2H2,(H3,5,6,7). The molecule has 54 valence electrons. The lowest BCUT2D eigenvalue weighted by Gasteiger charge is -2.01. The molecule has 9 heavy (non-hydrogen) atoms. The highest BCUT2D eigenvalue weighted by Gasteiger charge is 1.95. The summed E-state index contributed by atoms with van der Waals surface area (Å²) in [5.41, 5.74) is 4.78. The largest absolute Gasteiger partial charge is 0.352 e. The van der Waals surface area contributed by atoms with Crippen LogP contribution in [0.15, 0.2) is 0 Å². The molecule has 0 spiro atoms. The van der Waals surface area contributed by atoms with Crippen LogP contribution in [0.5, 0.6) is 0 Å². The van der Waals surface area contributed by atoms with Crippen molar-refractivity contribution in [2.75, 3.05) is 6.54 Å². The van der Waals surface area contributed by atoms with Gasteiger partial charge < -0.3 is 11.1 Å². The Morgan fingerprint density at radius 2 is 2.22 bits per heavy atom. The summed E-state index contributed by atoms with van der Waals surface area (Å²) in [4.78, 5) is 10.0. The predicted molar refractivity (Wildman–Crippen MR) is 44.0 cm³/mol. The van der Waals surface area contributed by atoms with Crippen molar-refractivity contribution in [1.82, 2.24) is 5.32 Å². The quantitative estimate of drug-likeness (QED) is 0.352. The number of nitrogens with one attached hydrogen (secondary N) is 1. The van der Waals surface area contributed by atoms with Crippen LogP contribution in [0.25, 0.3) is 0 Å². The highest BCUT2D eigenvalue weighted by molar-refractivity contribution is 7.99. The van der Waals surface area contributed by atoms with E-state index in [0.717, 1.165) is 6.42 Å². The molecular weight excluding hydrogens is 156 g/mol. The molecule has 5 heteroatoms. The first kappa shape index (κ1) is 8.97. The summed E-state index contributed by atoms with van der Waals surface area (Å²) in [6.45, 7) is 0.535. The number of amides is 2. The Labute approximate surface area is 65.2 Å². The van der Waals surface area contributed by atoms with Gasteiger partial charge in [-0.25, -0.2) is 4.79 Å². The van der Waals surface area contributed by atoms with E-state index >= 15 is 0 Å². The molecule has 0 aromatic heterocycles. The number of nitrogens with two attached hydrogens (primary N) is 1. The Bertz CT molecular complexity index is 96.6. The maximum Gasteiger partial charge on any atom is 0.312 e. The van der Waals surface area contributed by atoms with Crippen molar-refractivity contribution in [2.45, 2.75) is 11.0 Å². The van der Waals surface area contributed by atoms with Crippen LogP contribution in [0.2, 0.25) is 0 Å². The minimum atomic E-state index is -0.502. The monoisotopic (exact) mass is 166 g/mol. The summed E-state index contributed by atoms with van der Waals surface area (Å²) in [5, 5.41) is 2.42. The van der Waals surface area contributed by atoms with Gasteiger partial charge in [0.1, 0.15) is 0 Å². The fourth-order valence-corrected chi connectivity index (χ4v) is 0.583. The number of carbonyl (C=O) groups is 1. The second-order valence-electron chi connectivity index (χ2n) is 1.56. The summed E-state index contributed by atoms with van der Waals surface area (Å²) in [6, 6.07) is -0.502. The van der Waals surface area contributed by atoms with E-state index in [4.69, 9.17) is 5.73 Å². The first-order chi connectivity index (χ1) is 4.13. The number of urea groups is 1. The lowest BCUT2D eigenvalue weighted by Crippen LogP contribution is -2.30. The summed E-state index contributed by atoms with van der Waals surface area (Å²) in [7, 11) is 0. The van der Waals surface area contributed by atoms with Gasteiger partial charge in [-0.2, -0.15) is 25.3 Å². The average molecular weight is 166 g/mol. The van der Waals surface area contributed by atoms with E-state index in [1.54, 1.807) is 0 Å². The molecule has 0 radical (unpaired) electrons. The molecule has 0 fully saturated rings. The number of carbonyl (C=O) groups excluding carboxylic acids is 1. The molecule has 0 aliphatic carbocycles. The molecule has 0 aromatic rings. The second kappa shape index (κ2) is 4.81. The SMILES string of the molecule is NC(=O)NCCC(S)S. The van der Waals surface area contributed by atoms with Crippen molar-refractivity contribution in [1.29, 1.82) is 0 Å². The topological polar surface area (TPSA) is 55.1 Å². The summed E-state index contributed by atoms with van der Waals surface area (Å²) in [5.74, 6) is 0. The molecule has 0 unspecified atom stereocenters. The van der Waals surface area contributed by atoms with E-state index in [9.17, 15) is 4.79 Å². The summed E-state index contributed by atoms with van der Waals surface area (Å²) >= 11 is 7.95. The van der Waals surface area contributed by atoms with Gasteiger partial charge in [-0.15, -0.1) is 0 Å². The molecule has 0 aromatic carbocycles. The van der Waals surface area contributed by atoms with Gasteiger partial charge in [0.2, 0.25) is 0 Å². The van der Waals surface area contributed by atoms with E-state index in [2.05, 4.69) is 30.6 Å². The van der Waals surface area contributed by atoms with Crippen LogP contribution < -0.4 is 11.1 Å². The summed E-state index contributed by atoms with van der Waals surface area (Å²) in [6.07, 6.45) is 0.717. The third-order valence-electron chi connectivity index (χ3n) is 0.702. The molecule has 0 bridgehead atoms. The Morgan fingerprint density at radius 1 is 1.67 bits per heavy atom. The number of hydrogen-bond acceptors (Lipinski definition) is 3. The molecule has 0 heterocycles. The number of primary amides is 1. The van der Waals surface area contributed by atoms with Crippen molar-refractivity contribution in [2.24, 2.45) is 5.73 Å². The van der Waals surface area contributed by atoms with Crippen LogP contribution in [0.4, 0.5) is 4.79 Å². The zero-order chi connectivity index (χ0) is 7.28. The molecule has 0 atom stereocenters. The predicted octanol–water partition coefficient (Wildman–Crippen LogP) is 0.231. The van der Waals surface area contributed by atoms with E-state index in [-0.39, 0.29) is 4.58 Å². The normalized spacial score (nSPS) is 9.67. The number of rotatable bonds is 3. The van der Waals surface area contributed by atoms with Crippen LogP contribution >= 0.6 is 25.3 Å². The molecule has 0 aliphatic heterocycles. The molecule has 3 N–H and O–H groups in total. The van der Waals surface area contributed by atoms with Crippen molar-refractivity contribution in [3.63, 3.8) is 0 Å². The highest BCUT2D eigenvalue weighted by Crippen LogP contribution is 2.02. The highest BCUT2D eigenvalue weighted by atomic mass is 32.2. The lowest BCUT2D eigenvalue weighted by molar-refractivity contribution is 0.249. The molecular formula is C4H10N2OS2. The Balaban J connectivity index is 3.01. The van der Waals surface area contributed by atoms with Crippen molar-refractivity contribution in [3.8, 4) is 0 Å². The van der Waals surface area contributed by atoms with Crippen LogP contribution in [0.1, 0.15) is 6.42 Å². The first-order valence-corrected chi connectivity index (χ1v) is 3.55. The third-order valence-corrected chi connectivity index (χ3v) is 1.22. The minimum absolute atomic E-state index is 0.0110. The van der Waals surface area contributed by atoms with Gasteiger partial charge in [-0.1, -0.05) is 0 Å². The second-order valence-corrected chi connectivity index (χ2v) is 3.21. The molecule has 0 aliphatic rings. The first-order valence-electron chi connectivity index (χ1n) is 2.52. The fraction of sp³-hybridized carbons (Fsp3) is 0.750. The zero-order valence-electron chi connectivity index (χ0n) is 4.87. The van der Waals surface area contributed by atoms with Gasteiger partial charge in [0.05, 0.1) is 0 Å². The third kappa shape index (κ3) is 7.97. The van der Waals surface area contributed by atoms with Crippen LogP contribution in [0, 0.1) is 0 Å². The number of thiol groups is 2. The van der Waals surface area contributed by atoms with Crippen LogP contribution in [-0.2, 0) is 0 Å². The smallest absolute Gasteiger partial charge is 0.312 e. The van der Waals surface area contributed by atoms with E-state index in [1.165, 1.54) is 0 Å². The number of hydrogen-bond donors (Lipinski definition) is 4. The minimum Gasteiger partial charge on any atom is -0.352 e. The van der Waals surface area contributed by atoms with E-state index in [0.29, 0.717) is 6.54 Å². The summed E-state index contributed by atoms with van der Waals surface area (Å²) < 4.78 is 0.0110. The van der Waals surface area contributed by atoms with Crippen LogP contribution in [-0.4, -0.2) is 17.2 Å². The molecule has 2 amide bonds. The van der Waals surface area contributed by atoms with Crippen molar-refractivity contribution < 1.29 is 4.79 Å². The maximum absolute atomic E-state index is 10.0. The Hall–Kier alpha value is -0.0300.